The Hall–Kier alpha value is -2.12. The zero-order valence-corrected chi connectivity index (χ0v) is 11.2. The van der Waals surface area contributed by atoms with E-state index in [1.807, 2.05) is 24.3 Å². The van der Waals surface area contributed by atoms with Gasteiger partial charge in [0.25, 0.3) is 0 Å². The summed E-state index contributed by atoms with van der Waals surface area (Å²) in [5, 5.41) is 10.1. The minimum atomic E-state index is 0.125. The fourth-order valence-corrected chi connectivity index (χ4v) is 2.89. The Bertz CT molecular complexity index is 662. The van der Waals surface area contributed by atoms with Crippen molar-refractivity contribution in [2.45, 2.75) is 25.4 Å². The van der Waals surface area contributed by atoms with Crippen molar-refractivity contribution in [3.05, 3.63) is 35.9 Å². The van der Waals surface area contributed by atoms with E-state index in [-0.39, 0.29) is 6.10 Å². The number of pyridine rings is 1. The first-order valence-electron chi connectivity index (χ1n) is 6.98. The minimum Gasteiger partial charge on any atom is -0.474 e. The number of hydrogen-bond donors (Lipinski definition) is 1. The van der Waals surface area contributed by atoms with Gasteiger partial charge in [-0.05, 0) is 31.9 Å². The summed E-state index contributed by atoms with van der Waals surface area (Å²) in [6.07, 6.45) is 3.39. The molecule has 20 heavy (non-hydrogen) atoms. The first-order chi connectivity index (χ1) is 9.81. The van der Waals surface area contributed by atoms with Gasteiger partial charge in [-0.2, -0.15) is 5.26 Å². The number of nitrogens with zero attached hydrogens (tertiary/aromatic N) is 2. The maximum absolute atomic E-state index is 9.27. The molecule has 0 amide bonds. The van der Waals surface area contributed by atoms with Crippen molar-refractivity contribution in [1.29, 1.82) is 5.26 Å². The number of nitriles is 1. The normalized spacial score (nSPS) is 21.8. The van der Waals surface area contributed by atoms with E-state index in [2.05, 4.69) is 11.1 Å². The van der Waals surface area contributed by atoms with Crippen LogP contribution in [0.3, 0.4) is 0 Å². The third kappa shape index (κ3) is 2.33. The van der Waals surface area contributed by atoms with Crippen LogP contribution in [0.15, 0.2) is 30.3 Å². The highest BCUT2D eigenvalue weighted by Gasteiger charge is 2.28. The maximum atomic E-state index is 9.27. The largest absolute Gasteiger partial charge is 0.474 e. The average molecular weight is 267 g/mol. The number of benzene rings is 1. The highest BCUT2D eigenvalue weighted by atomic mass is 16.5. The lowest BCUT2D eigenvalue weighted by Crippen LogP contribution is -2.27. The maximum Gasteiger partial charge on any atom is 0.215 e. The van der Waals surface area contributed by atoms with Crippen LogP contribution in [-0.2, 0) is 0 Å². The van der Waals surface area contributed by atoms with Gasteiger partial charge < -0.3 is 10.5 Å². The van der Waals surface area contributed by atoms with Gasteiger partial charge in [-0.3, -0.25) is 0 Å². The number of fused-ring (bicyclic) bond motifs is 1. The van der Waals surface area contributed by atoms with Crippen LogP contribution in [0.2, 0.25) is 0 Å². The van der Waals surface area contributed by atoms with E-state index in [1.165, 1.54) is 0 Å². The van der Waals surface area contributed by atoms with Gasteiger partial charge in [0.15, 0.2) is 0 Å². The van der Waals surface area contributed by atoms with Crippen LogP contribution < -0.4 is 10.5 Å². The molecular weight excluding hydrogens is 250 g/mol. The predicted octanol–water partition coefficient (Wildman–Crippen LogP) is 2.61. The molecule has 4 nitrogen and oxygen atoms in total. The molecule has 2 aromatic rings. The standard InChI is InChI=1S/C16H17N3O/c17-9-11-4-3-7-15(11)20-16-8-12(10-18)13-5-1-2-6-14(13)19-16/h1-2,5-6,8,11,15H,3-4,7,9,17H2. The molecule has 2 N–H and O–H groups in total. The highest BCUT2D eigenvalue weighted by molar-refractivity contribution is 5.85. The zero-order valence-electron chi connectivity index (χ0n) is 11.2. The quantitative estimate of drug-likeness (QED) is 0.927. The van der Waals surface area contributed by atoms with Crippen LogP contribution in [0, 0.1) is 17.2 Å². The summed E-state index contributed by atoms with van der Waals surface area (Å²) in [5.41, 5.74) is 7.17. The van der Waals surface area contributed by atoms with Crippen molar-refractivity contribution in [3.63, 3.8) is 0 Å². The average Bonchev–Trinajstić information content (AvgIpc) is 2.93. The molecule has 1 fully saturated rings. The Morgan fingerprint density at radius 3 is 3.00 bits per heavy atom. The fraction of sp³-hybridized carbons (Fsp3) is 0.375. The molecule has 2 unspecified atom stereocenters. The molecule has 0 saturated heterocycles. The molecule has 3 rings (SSSR count). The monoisotopic (exact) mass is 267 g/mol. The summed E-state index contributed by atoms with van der Waals surface area (Å²) in [6, 6.07) is 11.6. The van der Waals surface area contributed by atoms with Gasteiger partial charge in [-0.1, -0.05) is 18.2 Å². The van der Waals surface area contributed by atoms with Crippen molar-refractivity contribution in [2.24, 2.45) is 11.7 Å². The highest BCUT2D eigenvalue weighted by Crippen LogP contribution is 2.30. The van der Waals surface area contributed by atoms with Crippen molar-refractivity contribution in [3.8, 4) is 11.9 Å². The van der Waals surface area contributed by atoms with E-state index in [4.69, 9.17) is 10.5 Å². The van der Waals surface area contributed by atoms with Gasteiger partial charge >= 0.3 is 0 Å². The zero-order chi connectivity index (χ0) is 13.9. The Labute approximate surface area is 118 Å². The lowest BCUT2D eigenvalue weighted by atomic mass is 10.1. The third-order valence-electron chi connectivity index (χ3n) is 3.98. The molecule has 1 aliphatic rings. The summed E-state index contributed by atoms with van der Waals surface area (Å²) < 4.78 is 5.99. The second-order valence-electron chi connectivity index (χ2n) is 5.22. The molecule has 0 bridgehead atoms. The Kier molecular flexibility index (Phi) is 3.53. The second kappa shape index (κ2) is 5.48. The van der Waals surface area contributed by atoms with Gasteiger partial charge in [0.2, 0.25) is 5.88 Å². The second-order valence-corrected chi connectivity index (χ2v) is 5.22. The number of nitrogens with two attached hydrogens (primary N) is 1. The number of rotatable bonds is 3. The van der Waals surface area contributed by atoms with Crippen molar-refractivity contribution >= 4 is 10.9 Å². The number of hydrogen-bond acceptors (Lipinski definition) is 4. The van der Waals surface area contributed by atoms with Gasteiger partial charge in [-0.15, -0.1) is 0 Å². The van der Waals surface area contributed by atoms with E-state index < -0.39 is 0 Å². The van der Waals surface area contributed by atoms with Crippen LogP contribution >= 0.6 is 0 Å². The molecule has 0 radical (unpaired) electrons. The van der Waals surface area contributed by atoms with Gasteiger partial charge in [0, 0.05) is 17.4 Å². The van der Waals surface area contributed by atoms with Crippen LogP contribution in [0.1, 0.15) is 24.8 Å². The van der Waals surface area contributed by atoms with Crippen molar-refractivity contribution in [2.75, 3.05) is 6.54 Å². The molecule has 102 valence electrons. The summed E-state index contributed by atoms with van der Waals surface area (Å²) in [7, 11) is 0. The molecule has 1 aromatic heterocycles. The molecule has 2 atom stereocenters. The van der Waals surface area contributed by atoms with E-state index in [1.54, 1.807) is 6.07 Å². The van der Waals surface area contributed by atoms with E-state index in [0.29, 0.717) is 23.9 Å². The molecule has 0 aliphatic heterocycles. The topological polar surface area (TPSA) is 71.9 Å². The van der Waals surface area contributed by atoms with Crippen LogP contribution in [0.25, 0.3) is 10.9 Å². The first kappa shape index (κ1) is 12.9. The summed E-state index contributed by atoms with van der Waals surface area (Å²) in [6.45, 7) is 0.642. The van der Waals surface area contributed by atoms with E-state index in [9.17, 15) is 5.26 Å². The lowest BCUT2D eigenvalue weighted by molar-refractivity contribution is 0.156. The molecule has 0 spiro atoms. The smallest absolute Gasteiger partial charge is 0.215 e. The molecule has 1 saturated carbocycles. The molecule has 1 heterocycles. The number of aromatic nitrogens is 1. The summed E-state index contributed by atoms with van der Waals surface area (Å²) in [5.74, 6) is 0.930. The Morgan fingerprint density at radius 1 is 1.35 bits per heavy atom. The molecular formula is C16H17N3O. The Morgan fingerprint density at radius 2 is 2.20 bits per heavy atom. The van der Waals surface area contributed by atoms with E-state index in [0.717, 1.165) is 30.2 Å². The van der Waals surface area contributed by atoms with Crippen LogP contribution in [0.5, 0.6) is 5.88 Å². The fourth-order valence-electron chi connectivity index (χ4n) is 2.89. The summed E-state index contributed by atoms with van der Waals surface area (Å²) in [4.78, 5) is 4.50. The number of para-hydroxylation sites is 1. The van der Waals surface area contributed by atoms with Crippen LogP contribution in [0.4, 0.5) is 0 Å². The van der Waals surface area contributed by atoms with Crippen LogP contribution in [-0.4, -0.2) is 17.6 Å². The number of ether oxygens (including phenoxy) is 1. The van der Waals surface area contributed by atoms with Gasteiger partial charge in [0.05, 0.1) is 11.1 Å². The molecule has 4 heteroatoms. The predicted molar refractivity (Wildman–Crippen MR) is 77.3 cm³/mol. The van der Waals surface area contributed by atoms with Crippen molar-refractivity contribution in [1.82, 2.24) is 4.98 Å². The SMILES string of the molecule is N#Cc1cc(OC2CCCC2CN)nc2ccccc12. The molecule has 1 aromatic carbocycles. The molecule has 1 aliphatic carbocycles. The van der Waals surface area contributed by atoms with Gasteiger partial charge in [-0.25, -0.2) is 4.98 Å². The first-order valence-corrected chi connectivity index (χ1v) is 6.98. The lowest BCUT2D eigenvalue weighted by Gasteiger charge is -2.19. The van der Waals surface area contributed by atoms with Crippen molar-refractivity contribution < 1.29 is 4.74 Å². The van der Waals surface area contributed by atoms with E-state index >= 15 is 0 Å². The van der Waals surface area contributed by atoms with Gasteiger partial charge in [0.1, 0.15) is 12.2 Å². The third-order valence-corrected chi connectivity index (χ3v) is 3.98. The Balaban J connectivity index is 1.94. The minimum absolute atomic E-state index is 0.125. The summed E-state index contributed by atoms with van der Waals surface area (Å²) >= 11 is 0.